The third-order valence-electron chi connectivity index (χ3n) is 13.5. The van der Waals surface area contributed by atoms with Crippen molar-refractivity contribution in [3.63, 3.8) is 0 Å². The molecular formula is C44H62N6O4. The van der Waals surface area contributed by atoms with Crippen molar-refractivity contribution in [2.24, 2.45) is 71.0 Å². The molecule has 0 heterocycles. The molecule has 0 amide bonds. The predicted octanol–water partition coefficient (Wildman–Crippen LogP) is 4.66. The van der Waals surface area contributed by atoms with Gasteiger partial charge in [-0.3, -0.25) is 0 Å². The first kappa shape index (κ1) is 38.7. The molecule has 0 radical (unpaired) electrons. The van der Waals surface area contributed by atoms with E-state index in [1.165, 1.54) is 57.4 Å². The van der Waals surface area contributed by atoms with Crippen molar-refractivity contribution < 1.29 is 19.7 Å². The fraction of sp³-hybridized carbons (Fsp3) is 0.682. The third-order valence-corrected chi connectivity index (χ3v) is 13.5. The molecule has 14 atom stereocenters. The summed E-state index contributed by atoms with van der Waals surface area (Å²) in [4.78, 5) is 0. The van der Waals surface area contributed by atoms with Gasteiger partial charge in [0.15, 0.2) is 0 Å². The second-order valence-corrected chi connectivity index (χ2v) is 17.4. The Morgan fingerprint density at radius 3 is 1.20 bits per heavy atom. The first-order chi connectivity index (χ1) is 26.4. The summed E-state index contributed by atoms with van der Waals surface area (Å²) in [6.07, 6.45) is 30.6. The molecule has 8 aliphatic rings. The zero-order chi connectivity index (χ0) is 37.3. The maximum Gasteiger partial charge on any atom is 0.110 e. The van der Waals surface area contributed by atoms with Crippen LogP contribution in [0.3, 0.4) is 0 Å². The molecular weight excluding hydrogens is 677 g/mol. The number of nitrogens with zero attached hydrogens (tertiary/aromatic N) is 2. The molecule has 14 unspecified atom stereocenters. The number of hydrogen-bond donors (Lipinski definition) is 6. The summed E-state index contributed by atoms with van der Waals surface area (Å²) in [7, 11) is 0. The maximum absolute atomic E-state index is 10.2. The van der Waals surface area contributed by atoms with Crippen molar-refractivity contribution >= 4 is 0 Å². The molecule has 8 bridgehead atoms. The summed E-state index contributed by atoms with van der Waals surface area (Å²) in [5, 5.41) is 51.4. The number of fused-ring (bicyclic) bond motifs is 8. The molecule has 10 heteroatoms. The molecule has 0 aliphatic heterocycles. The average molecular weight is 739 g/mol. The van der Waals surface area contributed by atoms with E-state index in [4.69, 9.17) is 20.0 Å². The van der Waals surface area contributed by atoms with Crippen LogP contribution in [-0.2, 0) is 9.47 Å². The number of nitriles is 2. The third kappa shape index (κ3) is 10.4. The molecule has 4 fully saturated rings. The standard InChI is InChI=1S/C25H37N3O4.C19H25N3/c26-6-5-25(27-11-23(29)15-31-13-21-9-17-1-3-19(21)7-17)28-12-24(30)16-32-14-22-10-18-2-4-20(22)8-18;20-6-5-19(21-11-17-9-13-1-3-15(17)7-13)22-12-18-10-14-2-4-16(18)8-14/h1-5,17-24,27-30H,7-16H2;1-5,13-18,21-22H,7-12H2. The number of allylic oxidation sites excluding steroid dienone is 10. The monoisotopic (exact) mass is 738 g/mol. The summed E-state index contributed by atoms with van der Waals surface area (Å²) in [6.45, 7) is 4.41. The van der Waals surface area contributed by atoms with Gasteiger partial charge in [0.1, 0.15) is 11.6 Å². The van der Waals surface area contributed by atoms with Gasteiger partial charge in [-0.1, -0.05) is 48.6 Å². The van der Waals surface area contributed by atoms with Crippen molar-refractivity contribution in [3.8, 4) is 12.1 Å². The Hall–Kier alpha value is -3.54. The molecule has 4 saturated carbocycles. The van der Waals surface area contributed by atoms with Crippen LogP contribution in [0.4, 0.5) is 0 Å². The number of aliphatic hydroxyl groups is 2. The smallest absolute Gasteiger partial charge is 0.110 e. The van der Waals surface area contributed by atoms with Gasteiger partial charge in [-0.15, -0.1) is 0 Å². The molecule has 0 aromatic rings. The molecule has 0 aromatic heterocycles. The highest BCUT2D eigenvalue weighted by atomic mass is 16.5. The van der Waals surface area contributed by atoms with Crippen molar-refractivity contribution in [2.75, 3.05) is 52.6 Å². The Morgan fingerprint density at radius 2 is 0.889 bits per heavy atom. The fourth-order valence-electron chi connectivity index (χ4n) is 10.7. The number of aliphatic hydroxyl groups excluding tert-OH is 2. The lowest BCUT2D eigenvalue weighted by atomic mass is 9.93. The van der Waals surface area contributed by atoms with E-state index in [-0.39, 0.29) is 26.3 Å². The maximum atomic E-state index is 10.2. The second kappa shape index (κ2) is 18.9. The van der Waals surface area contributed by atoms with Crippen LogP contribution in [0.25, 0.3) is 0 Å². The Labute approximate surface area is 322 Å². The lowest BCUT2D eigenvalue weighted by Crippen LogP contribution is -2.38. The quantitative estimate of drug-likeness (QED) is 0.0768. The van der Waals surface area contributed by atoms with Crippen molar-refractivity contribution in [3.05, 3.63) is 72.4 Å². The minimum Gasteiger partial charge on any atom is -0.389 e. The zero-order valence-corrected chi connectivity index (χ0v) is 31.8. The highest BCUT2D eigenvalue weighted by Gasteiger charge is 2.38. The van der Waals surface area contributed by atoms with E-state index in [9.17, 15) is 10.2 Å². The lowest BCUT2D eigenvalue weighted by Gasteiger charge is -2.23. The normalized spacial score (nSPS) is 36.0. The van der Waals surface area contributed by atoms with Gasteiger partial charge in [0.25, 0.3) is 0 Å². The van der Waals surface area contributed by atoms with Gasteiger partial charge in [-0.2, -0.15) is 10.5 Å². The van der Waals surface area contributed by atoms with Gasteiger partial charge in [-0.05, 0) is 122 Å². The average Bonchev–Trinajstić information content (AvgIpc) is 4.04. The van der Waals surface area contributed by atoms with Gasteiger partial charge in [0, 0.05) is 26.2 Å². The number of rotatable bonds is 20. The Balaban J connectivity index is 0.000000178. The van der Waals surface area contributed by atoms with E-state index in [0.29, 0.717) is 42.7 Å². The molecule has 0 saturated heterocycles. The van der Waals surface area contributed by atoms with E-state index in [1.807, 2.05) is 6.07 Å². The van der Waals surface area contributed by atoms with Crippen molar-refractivity contribution in [1.82, 2.24) is 21.3 Å². The van der Waals surface area contributed by atoms with Crippen LogP contribution in [0.2, 0.25) is 0 Å². The summed E-state index contributed by atoms with van der Waals surface area (Å²) < 4.78 is 11.5. The summed E-state index contributed by atoms with van der Waals surface area (Å²) in [5.74, 6) is 9.90. The molecule has 8 rings (SSSR count). The van der Waals surface area contributed by atoms with E-state index in [2.05, 4.69) is 75.9 Å². The highest BCUT2D eigenvalue weighted by molar-refractivity contribution is 5.16. The number of nitrogens with one attached hydrogen (secondary N) is 4. The summed E-state index contributed by atoms with van der Waals surface area (Å²) in [6, 6.07) is 4.15. The van der Waals surface area contributed by atoms with E-state index in [0.717, 1.165) is 66.3 Å². The Morgan fingerprint density at radius 1 is 0.537 bits per heavy atom. The summed E-state index contributed by atoms with van der Waals surface area (Å²) >= 11 is 0. The van der Waals surface area contributed by atoms with Crippen LogP contribution in [0, 0.1) is 93.7 Å². The fourth-order valence-corrected chi connectivity index (χ4v) is 10.7. The van der Waals surface area contributed by atoms with Gasteiger partial charge in [0.2, 0.25) is 0 Å². The molecule has 0 aromatic carbocycles. The van der Waals surface area contributed by atoms with Crippen LogP contribution < -0.4 is 21.3 Å². The topological polar surface area (TPSA) is 155 Å². The highest BCUT2D eigenvalue weighted by Crippen LogP contribution is 2.45. The molecule has 292 valence electrons. The van der Waals surface area contributed by atoms with Crippen LogP contribution in [0.5, 0.6) is 0 Å². The van der Waals surface area contributed by atoms with Gasteiger partial charge in [-0.25, -0.2) is 0 Å². The molecule has 0 spiro atoms. The van der Waals surface area contributed by atoms with Crippen LogP contribution >= 0.6 is 0 Å². The van der Waals surface area contributed by atoms with Gasteiger partial charge < -0.3 is 41.0 Å². The Bertz CT molecular complexity index is 1430. The van der Waals surface area contributed by atoms with Crippen LogP contribution in [-0.4, -0.2) is 75.0 Å². The first-order valence-electron chi connectivity index (χ1n) is 20.8. The van der Waals surface area contributed by atoms with Crippen LogP contribution in [0.15, 0.2) is 72.4 Å². The number of ether oxygens (including phenoxy) is 2. The predicted molar refractivity (Wildman–Crippen MR) is 208 cm³/mol. The molecule has 6 N–H and O–H groups in total. The number of hydrogen-bond acceptors (Lipinski definition) is 10. The van der Waals surface area contributed by atoms with Crippen LogP contribution in [0.1, 0.15) is 51.4 Å². The first-order valence-corrected chi connectivity index (χ1v) is 20.8. The van der Waals surface area contributed by atoms with E-state index in [1.54, 1.807) is 6.08 Å². The van der Waals surface area contributed by atoms with Crippen molar-refractivity contribution in [2.45, 2.75) is 63.6 Å². The molecule has 10 nitrogen and oxygen atoms in total. The molecule has 54 heavy (non-hydrogen) atoms. The minimum atomic E-state index is -0.669. The zero-order valence-electron chi connectivity index (χ0n) is 31.8. The lowest BCUT2D eigenvalue weighted by molar-refractivity contribution is 0.0163. The second-order valence-electron chi connectivity index (χ2n) is 17.4. The SMILES string of the molecule is N#CC=C(NCC(O)COCC1CC2C=CC1C2)NCC(O)COCC1CC2C=CC1C2.N#CC=C(NCC1CC2C=CC1C2)NCC1CC2C=CC1C2. The van der Waals surface area contributed by atoms with Crippen molar-refractivity contribution in [1.29, 1.82) is 10.5 Å². The van der Waals surface area contributed by atoms with Gasteiger partial charge >= 0.3 is 0 Å². The molecule has 8 aliphatic carbocycles. The Kier molecular flexibility index (Phi) is 13.5. The largest absolute Gasteiger partial charge is 0.389 e. The summed E-state index contributed by atoms with van der Waals surface area (Å²) in [5.41, 5.74) is 0. The van der Waals surface area contributed by atoms with E-state index < -0.39 is 12.2 Å². The van der Waals surface area contributed by atoms with E-state index >= 15 is 0 Å². The minimum absolute atomic E-state index is 0.263. The van der Waals surface area contributed by atoms with Gasteiger partial charge in [0.05, 0.1) is 62.9 Å².